The minimum Gasteiger partial charge on any atom is -0.377 e. The number of ether oxygens (including phenoxy) is 1. The predicted molar refractivity (Wildman–Crippen MR) is 76.9 cm³/mol. The number of nitrogens with two attached hydrogens (primary N) is 1. The van der Waals surface area contributed by atoms with Gasteiger partial charge in [-0.05, 0) is 44.7 Å². The first-order valence-corrected chi connectivity index (χ1v) is 7.75. The van der Waals surface area contributed by atoms with E-state index in [4.69, 9.17) is 10.5 Å². The van der Waals surface area contributed by atoms with Crippen molar-refractivity contribution in [2.75, 3.05) is 19.7 Å². The van der Waals surface area contributed by atoms with E-state index >= 15 is 0 Å². The third-order valence-corrected chi connectivity index (χ3v) is 4.48. The Bertz CT molecular complexity index is 338. The molecule has 3 unspecified atom stereocenters. The number of hydrogen-bond donors (Lipinski definition) is 1. The molecular weight excluding hydrogens is 244 g/mol. The molecule has 1 fully saturated rings. The zero-order chi connectivity index (χ0) is 13.0. The Morgan fingerprint density at radius 3 is 3.06 bits per heavy atom. The minimum atomic E-state index is 0.157. The van der Waals surface area contributed by atoms with Gasteiger partial charge in [-0.2, -0.15) is 0 Å². The molecule has 2 N–H and O–H groups in total. The first kappa shape index (κ1) is 14.0. The van der Waals surface area contributed by atoms with Gasteiger partial charge in [0.05, 0.1) is 12.1 Å². The van der Waals surface area contributed by atoms with Crippen LogP contribution in [0.15, 0.2) is 17.5 Å². The van der Waals surface area contributed by atoms with Gasteiger partial charge in [-0.1, -0.05) is 6.07 Å². The summed E-state index contributed by atoms with van der Waals surface area (Å²) >= 11 is 1.81. The average molecular weight is 268 g/mol. The predicted octanol–water partition coefficient (Wildman–Crippen LogP) is 2.64. The van der Waals surface area contributed by atoms with Gasteiger partial charge in [0.2, 0.25) is 0 Å². The van der Waals surface area contributed by atoms with Crippen molar-refractivity contribution in [1.82, 2.24) is 4.90 Å². The van der Waals surface area contributed by atoms with Crippen LogP contribution in [-0.4, -0.2) is 36.7 Å². The topological polar surface area (TPSA) is 38.5 Å². The van der Waals surface area contributed by atoms with E-state index in [0.717, 1.165) is 19.7 Å². The van der Waals surface area contributed by atoms with Gasteiger partial charge in [0.15, 0.2) is 0 Å². The number of rotatable bonds is 5. The van der Waals surface area contributed by atoms with Crippen LogP contribution >= 0.6 is 11.3 Å². The number of piperidine rings is 1. The van der Waals surface area contributed by atoms with Gasteiger partial charge in [0.25, 0.3) is 0 Å². The fourth-order valence-corrected chi connectivity index (χ4v) is 3.80. The monoisotopic (exact) mass is 268 g/mol. The fourth-order valence-electron chi connectivity index (χ4n) is 2.82. The molecule has 1 aromatic rings. The molecule has 1 aliphatic heterocycles. The summed E-state index contributed by atoms with van der Waals surface area (Å²) in [6.07, 6.45) is 2.77. The van der Waals surface area contributed by atoms with Crippen molar-refractivity contribution in [2.24, 2.45) is 5.73 Å². The molecule has 2 heterocycles. The van der Waals surface area contributed by atoms with Crippen LogP contribution in [0.3, 0.4) is 0 Å². The first-order valence-electron chi connectivity index (χ1n) is 6.87. The van der Waals surface area contributed by atoms with Gasteiger partial charge in [0.1, 0.15) is 0 Å². The van der Waals surface area contributed by atoms with Crippen LogP contribution in [0.2, 0.25) is 0 Å². The van der Waals surface area contributed by atoms with Gasteiger partial charge >= 0.3 is 0 Å². The van der Waals surface area contributed by atoms with Crippen LogP contribution in [0.5, 0.6) is 0 Å². The van der Waals surface area contributed by atoms with Crippen LogP contribution in [-0.2, 0) is 4.74 Å². The van der Waals surface area contributed by atoms with E-state index in [1.165, 1.54) is 17.7 Å². The zero-order valence-corrected chi connectivity index (χ0v) is 12.2. The van der Waals surface area contributed by atoms with E-state index < -0.39 is 0 Å². The maximum Gasteiger partial charge on any atom is 0.0702 e. The number of thiophene rings is 1. The molecule has 0 amide bonds. The second kappa shape index (κ2) is 6.66. The lowest BCUT2D eigenvalue weighted by molar-refractivity contribution is -0.0101. The van der Waals surface area contributed by atoms with Crippen molar-refractivity contribution in [3.05, 3.63) is 22.4 Å². The van der Waals surface area contributed by atoms with Crippen LogP contribution in [0.1, 0.15) is 37.6 Å². The Kier molecular flexibility index (Phi) is 5.18. The van der Waals surface area contributed by atoms with Crippen molar-refractivity contribution in [2.45, 2.75) is 44.9 Å². The lowest BCUT2D eigenvalue weighted by Gasteiger charge is -2.39. The van der Waals surface area contributed by atoms with Crippen LogP contribution in [0, 0.1) is 0 Å². The normalized spacial score (nSPS) is 24.9. The lowest BCUT2D eigenvalue weighted by Crippen LogP contribution is -2.46. The second-order valence-electron chi connectivity index (χ2n) is 5.03. The summed E-state index contributed by atoms with van der Waals surface area (Å²) in [4.78, 5) is 3.88. The summed E-state index contributed by atoms with van der Waals surface area (Å²) in [5.74, 6) is 0. The van der Waals surface area contributed by atoms with Crippen molar-refractivity contribution in [3.8, 4) is 0 Å². The summed E-state index contributed by atoms with van der Waals surface area (Å²) in [5, 5.41) is 2.13. The number of nitrogens with zero attached hydrogens (tertiary/aromatic N) is 1. The summed E-state index contributed by atoms with van der Waals surface area (Å²) in [5.41, 5.74) is 6.20. The second-order valence-corrected chi connectivity index (χ2v) is 6.01. The van der Waals surface area contributed by atoms with Crippen LogP contribution in [0.25, 0.3) is 0 Å². The van der Waals surface area contributed by atoms with Gasteiger partial charge in [0, 0.05) is 24.1 Å². The Labute approximate surface area is 114 Å². The first-order chi connectivity index (χ1) is 8.72. The van der Waals surface area contributed by atoms with Crippen LogP contribution in [0.4, 0.5) is 0 Å². The molecule has 0 aromatic carbocycles. The fraction of sp³-hybridized carbons (Fsp3) is 0.714. The maximum atomic E-state index is 6.20. The summed E-state index contributed by atoms with van der Waals surface area (Å²) in [6, 6.07) is 4.81. The van der Waals surface area contributed by atoms with Gasteiger partial charge in [-0.15, -0.1) is 11.3 Å². The van der Waals surface area contributed by atoms with E-state index in [1.807, 2.05) is 0 Å². The highest BCUT2D eigenvalue weighted by molar-refractivity contribution is 7.10. The number of likely N-dealkylation sites (tertiary alicyclic amines) is 1. The standard InChI is InChI=1S/C14H24N2OS/c1-3-17-12-6-4-8-16(10-12)14(11(2)15)13-7-5-9-18-13/h5,7,9,11-12,14H,3-4,6,8,10,15H2,1-2H3. The molecule has 1 saturated heterocycles. The molecule has 0 saturated carbocycles. The summed E-state index contributed by atoms with van der Waals surface area (Å²) < 4.78 is 5.78. The molecule has 0 bridgehead atoms. The van der Waals surface area contributed by atoms with E-state index in [1.54, 1.807) is 11.3 Å². The molecule has 3 nitrogen and oxygen atoms in total. The largest absolute Gasteiger partial charge is 0.377 e. The molecule has 3 atom stereocenters. The van der Waals surface area contributed by atoms with E-state index in [2.05, 4.69) is 36.3 Å². The van der Waals surface area contributed by atoms with Gasteiger partial charge < -0.3 is 10.5 Å². The Morgan fingerprint density at radius 2 is 2.44 bits per heavy atom. The van der Waals surface area contributed by atoms with E-state index in [9.17, 15) is 0 Å². The summed E-state index contributed by atoms with van der Waals surface area (Å²) in [7, 11) is 0. The average Bonchev–Trinajstić information content (AvgIpc) is 2.83. The Morgan fingerprint density at radius 1 is 1.61 bits per heavy atom. The molecule has 0 spiro atoms. The van der Waals surface area contributed by atoms with Crippen molar-refractivity contribution >= 4 is 11.3 Å². The third kappa shape index (κ3) is 3.32. The molecule has 102 valence electrons. The molecule has 18 heavy (non-hydrogen) atoms. The quantitative estimate of drug-likeness (QED) is 0.892. The lowest BCUT2D eigenvalue weighted by atomic mass is 10.0. The van der Waals surface area contributed by atoms with Gasteiger partial charge in [-0.25, -0.2) is 0 Å². The van der Waals surface area contributed by atoms with E-state index in [-0.39, 0.29) is 6.04 Å². The molecule has 0 aliphatic carbocycles. The van der Waals surface area contributed by atoms with Crippen molar-refractivity contribution < 1.29 is 4.74 Å². The van der Waals surface area contributed by atoms with Crippen LogP contribution < -0.4 is 5.73 Å². The highest BCUT2D eigenvalue weighted by atomic mass is 32.1. The molecule has 0 radical (unpaired) electrons. The van der Waals surface area contributed by atoms with Gasteiger partial charge in [-0.3, -0.25) is 4.90 Å². The Balaban J connectivity index is 2.06. The van der Waals surface area contributed by atoms with Crippen molar-refractivity contribution in [3.63, 3.8) is 0 Å². The molecule has 1 aromatic heterocycles. The van der Waals surface area contributed by atoms with Crippen molar-refractivity contribution in [1.29, 1.82) is 0 Å². The smallest absolute Gasteiger partial charge is 0.0702 e. The van der Waals surface area contributed by atoms with E-state index in [0.29, 0.717) is 12.1 Å². The Hall–Kier alpha value is -0.420. The molecule has 2 rings (SSSR count). The molecular formula is C14H24N2OS. The SMILES string of the molecule is CCOC1CCCN(C(c2cccs2)C(C)N)C1. The summed E-state index contributed by atoms with van der Waals surface area (Å²) in [6.45, 7) is 7.13. The minimum absolute atomic E-state index is 0.157. The third-order valence-electron chi connectivity index (χ3n) is 3.54. The number of hydrogen-bond acceptors (Lipinski definition) is 4. The zero-order valence-electron chi connectivity index (χ0n) is 11.3. The molecule has 1 aliphatic rings. The highest BCUT2D eigenvalue weighted by Gasteiger charge is 2.29. The highest BCUT2D eigenvalue weighted by Crippen LogP contribution is 2.30. The maximum absolute atomic E-state index is 6.20. The molecule has 4 heteroatoms.